The smallest absolute Gasteiger partial charge is 0.139 e. The van der Waals surface area contributed by atoms with Crippen LogP contribution in [0.3, 0.4) is 0 Å². The SMILES string of the molecule is CC(C)c1cc(CCl)no1. The number of aromatic nitrogens is 1. The predicted molar refractivity (Wildman–Crippen MR) is 40.1 cm³/mol. The van der Waals surface area contributed by atoms with Crippen molar-refractivity contribution in [2.24, 2.45) is 0 Å². The summed E-state index contributed by atoms with van der Waals surface area (Å²) < 4.78 is 4.98. The third kappa shape index (κ3) is 1.51. The van der Waals surface area contributed by atoms with Crippen LogP contribution < -0.4 is 0 Å². The van der Waals surface area contributed by atoms with Gasteiger partial charge in [0.1, 0.15) is 5.76 Å². The van der Waals surface area contributed by atoms with Gasteiger partial charge in [-0.3, -0.25) is 0 Å². The van der Waals surface area contributed by atoms with Gasteiger partial charge in [-0.05, 0) is 0 Å². The van der Waals surface area contributed by atoms with Gasteiger partial charge in [0.05, 0.1) is 11.6 Å². The molecule has 1 aromatic heterocycles. The van der Waals surface area contributed by atoms with Gasteiger partial charge in [-0.15, -0.1) is 11.6 Å². The van der Waals surface area contributed by atoms with E-state index in [0.29, 0.717) is 11.8 Å². The third-order valence-electron chi connectivity index (χ3n) is 1.28. The number of alkyl halides is 1. The minimum atomic E-state index is 0.393. The highest BCUT2D eigenvalue weighted by molar-refractivity contribution is 6.16. The standard InChI is InChI=1S/C7H10ClNO/c1-5(2)7-3-6(4-8)9-10-7/h3,5H,4H2,1-2H3. The molecule has 0 fully saturated rings. The maximum atomic E-state index is 5.52. The lowest BCUT2D eigenvalue weighted by atomic mass is 10.1. The van der Waals surface area contributed by atoms with Crippen LogP contribution >= 0.6 is 11.6 Å². The Labute approximate surface area is 65.2 Å². The average Bonchev–Trinajstić information content (AvgIpc) is 2.34. The van der Waals surface area contributed by atoms with Gasteiger partial charge in [-0.25, -0.2) is 0 Å². The largest absolute Gasteiger partial charge is 0.361 e. The van der Waals surface area contributed by atoms with Crippen LogP contribution in [0.15, 0.2) is 10.6 Å². The molecule has 0 spiro atoms. The molecular weight excluding hydrogens is 150 g/mol. The van der Waals surface area contributed by atoms with Crippen LogP contribution in [0.1, 0.15) is 31.2 Å². The molecule has 0 saturated carbocycles. The van der Waals surface area contributed by atoms with Gasteiger partial charge in [-0.1, -0.05) is 19.0 Å². The number of hydrogen-bond donors (Lipinski definition) is 0. The summed E-state index contributed by atoms with van der Waals surface area (Å²) in [5.41, 5.74) is 0.811. The average molecular weight is 160 g/mol. The molecule has 0 aliphatic carbocycles. The Bertz CT molecular complexity index is 207. The van der Waals surface area contributed by atoms with Crippen molar-refractivity contribution < 1.29 is 4.52 Å². The fraction of sp³-hybridized carbons (Fsp3) is 0.571. The second kappa shape index (κ2) is 3.06. The molecule has 0 N–H and O–H groups in total. The highest BCUT2D eigenvalue weighted by Crippen LogP contribution is 2.15. The Kier molecular flexibility index (Phi) is 2.33. The molecule has 0 saturated heterocycles. The lowest BCUT2D eigenvalue weighted by Crippen LogP contribution is -1.80. The van der Waals surface area contributed by atoms with Crippen LogP contribution in [0.25, 0.3) is 0 Å². The number of nitrogens with zero attached hydrogens (tertiary/aromatic N) is 1. The van der Waals surface area contributed by atoms with Crippen molar-refractivity contribution in [3.63, 3.8) is 0 Å². The zero-order valence-electron chi connectivity index (χ0n) is 6.10. The quantitative estimate of drug-likeness (QED) is 0.620. The Balaban J connectivity index is 2.78. The van der Waals surface area contributed by atoms with Crippen molar-refractivity contribution in [2.45, 2.75) is 25.6 Å². The molecule has 0 radical (unpaired) electrons. The summed E-state index contributed by atoms with van der Waals surface area (Å²) in [5, 5.41) is 3.75. The first-order valence-corrected chi connectivity index (χ1v) is 3.79. The second-order valence-corrected chi connectivity index (χ2v) is 2.78. The Morgan fingerprint density at radius 1 is 1.70 bits per heavy atom. The van der Waals surface area contributed by atoms with E-state index >= 15 is 0 Å². The van der Waals surface area contributed by atoms with Gasteiger partial charge in [0.25, 0.3) is 0 Å². The van der Waals surface area contributed by atoms with E-state index in [1.165, 1.54) is 0 Å². The maximum absolute atomic E-state index is 5.52. The van der Waals surface area contributed by atoms with E-state index in [1.807, 2.05) is 6.07 Å². The summed E-state index contributed by atoms with van der Waals surface area (Å²) in [5.74, 6) is 1.72. The minimum absolute atomic E-state index is 0.393. The first-order valence-electron chi connectivity index (χ1n) is 3.25. The number of hydrogen-bond acceptors (Lipinski definition) is 2. The third-order valence-corrected chi connectivity index (χ3v) is 1.56. The van der Waals surface area contributed by atoms with Crippen LogP contribution in [-0.4, -0.2) is 5.16 Å². The van der Waals surface area contributed by atoms with E-state index in [9.17, 15) is 0 Å². The zero-order valence-corrected chi connectivity index (χ0v) is 6.85. The van der Waals surface area contributed by atoms with Crippen molar-refractivity contribution in [3.05, 3.63) is 17.5 Å². The lowest BCUT2D eigenvalue weighted by Gasteiger charge is -1.93. The molecule has 1 rings (SSSR count). The van der Waals surface area contributed by atoms with Gasteiger partial charge in [0.2, 0.25) is 0 Å². The fourth-order valence-corrected chi connectivity index (χ4v) is 0.789. The molecule has 0 aliphatic rings. The first-order chi connectivity index (χ1) is 4.74. The van der Waals surface area contributed by atoms with E-state index in [0.717, 1.165) is 11.5 Å². The summed E-state index contributed by atoms with van der Waals surface area (Å²) in [7, 11) is 0. The molecule has 2 nitrogen and oxygen atoms in total. The second-order valence-electron chi connectivity index (χ2n) is 2.51. The summed E-state index contributed by atoms with van der Waals surface area (Å²) in [6.07, 6.45) is 0. The van der Waals surface area contributed by atoms with Gasteiger partial charge in [-0.2, -0.15) is 0 Å². The van der Waals surface area contributed by atoms with E-state index in [1.54, 1.807) is 0 Å². The molecule has 56 valence electrons. The molecule has 0 bridgehead atoms. The van der Waals surface area contributed by atoms with Gasteiger partial charge in [0.15, 0.2) is 0 Å². The summed E-state index contributed by atoms with van der Waals surface area (Å²) in [6.45, 7) is 4.11. The predicted octanol–water partition coefficient (Wildman–Crippen LogP) is 2.54. The fourth-order valence-electron chi connectivity index (χ4n) is 0.663. The van der Waals surface area contributed by atoms with Crippen molar-refractivity contribution in [1.82, 2.24) is 5.16 Å². The maximum Gasteiger partial charge on any atom is 0.139 e. The highest BCUT2D eigenvalue weighted by Gasteiger charge is 2.05. The van der Waals surface area contributed by atoms with Crippen molar-refractivity contribution in [1.29, 1.82) is 0 Å². The van der Waals surface area contributed by atoms with Crippen LogP contribution in [0.2, 0.25) is 0 Å². The van der Waals surface area contributed by atoms with Crippen LogP contribution in [0.5, 0.6) is 0 Å². The van der Waals surface area contributed by atoms with E-state index in [2.05, 4.69) is 19.0 Å². The summed E-state index contributed by atoms with van der Waals surface area (Å²) >= 11 is 5.52. The van der Waals surface area contributed by atoms with Crippen molar-refractivity contribution in [2.75, 3.05) is 0 Å². The molecule has 0 amide bonds. The van der Waals surface area contributed by atoms with Gasteiger partial charge in [0, 0.05) is 12.0 Å². The number of halogens is 1. The normalized spacial score (nSPS) is 10.8. The molecule has 0 aromatic carbocycles. The number of rotatable bonds is 2. The highest BCUT2D eigenvalue weighted by atomic mass is 35.5. The molecule has 1 heterocycles. The molecule has 1 aromatic rings. The molecule has 3 heteroatoms. The van der Waals surface area contributed by atoms with Crippen LogP contribution in [0, 0.1) is 0 Å². The monoisotopic (exact) mass is 159 g/mol. The molecule has 0 aliphatic heterocycles. The molecule has 0 unspecified atom stereocenters. The Morgan fingerprint density at radius 2 is 2.40 bits per heavy atom. The minimum Gasteiger partial charge on any atom is -0.361 e. The van der Waals surface area contributed by atoms with Gasteiger partial charge < -0.3 is 4.52 Å². The van der Waals surface area contributed by atoms with Crippen molar-refractivity contribution >= 4 is 11.6 Å². The summed E-state index contributed by atoms with van der Waals surface area (Å²) in [6, 6.07) is 1.89. The van der Waals surface area contributed by atoms with E-state index < -0.39 is 0 Å². The Hall–Kier alpha value is -0.500. The van der Waals surface area contributed by atoms with Crippen LogP contribution in [-0.2, 0) is 5.88 Å². The lowest BCUT2D eigenvalue weighted by molar-refractivity contribution is 0.367. The molecular formula is C7H10ClNO. The van der Waals surface area contributed by atoms with Crippen LogP contribution in [0.4, 0.5) is 0 Å². The van der Waals surface area contributed by atoms with E-state index in [4.69, 9.17) is 16.1 Å². The van der Waals surface area contributed by atoms with E-state index in [-0.39, 0.29) is 0 Å². The first kappa shape index (κ1) is 7.61. The zero-order chi connectivity index (χ0) is 7.56. The molecule has 0 atom stereocenters. The van der Waals surface area contributed by atoms with Gasteiger partial charge >= 0.3 is 0 Å². The topological polar surface area (TPSA) is 26.0 Å². The Morgan fingerprint density at radius 3 is 2.70 bits per heavy atom. The molecule has 10 heavy (non-hydrogen) atoms. The summed E-state index contributed by atoms with van der Waals surface area (Å²) in [4.78, 5) is 0. The van der Waals surface area contributed by atoms with Crippen molar-refractivity contribution in [3.8, 4) is 0 Å².